The molecule has 2 N–H and O–H groups in total. The lowest BCUT2D eigenvalue weighted by atomic mass is 10.1. The molecule has 1 aliphatic heterocycles. The van der Waals surface area contributed by atoms with Crippen molar-refractivity contribution in [3.63, 3.8) is 0 Å². The zero-order chi connectivity index (χ0) is 22.7. The molecule has 1 unspecified atom stereocenters. The van der Waals surface area contributed by atoms with Gasteiger partial charge in [-0.3, -0.25) is 9.69 Å². The fraction of sp³-hybridized carbons (Fsp3) is 0.333. The van der Waals surface area contributed by atoms with Crippen LogP contribution in [-0.2, 0) is 9.53 Å². The van der Waals surface area contributed by atoms with Crippen LogP contribution in [0.15, 0.2) is 48.5 Å². The SMILES string of the molecule is COC(=O)c1[nH]c2ccccc2c1NC(=O)CN1CCN(c2ccc(OC)cc2)C(C)C1. The average Bonchev–Trinajstić information content (AvgIpc) is 3.17. The molecule has 2 aromatic carbocycles. The summed E-state index contributed by atoms with van der Waals surface area (Å²) in [5.41, 5.74) is 2.62. The van der Waals surface area contributed by atoms with Gasteiger partial charge in [0.15, 0.2) is 0 Å². The Labute approximate surface area is 187 Å². The molecule has 0 saturated carbocycles. The summed E-state index contributed by atoms with van der Waals surface area (Å²) in [4.78, 5) is 32.6. The normalized spacial score (nSPS) is 16.7. The summed E-state index contributed by atoms with van der Waals surface area (Å²) in [6.07, 6.45) is 0. The molecular weight excluding hydrogens is 408 g/mol. The van der Waals surface area contributed by atoms with E-state index in [4.69, 9.17) is 9.47 Å². The van der Waals surface area contributed by atoms with Crippen molar-refractivity contribution in [3.8, 4) is 5.75 Å². The zero-order valence-electron chi connectivity index (χ0n) is 18.6. The molecule has 0 bridgehead atoms. The number of nitrogens with one attached hydrogen (secondary N) is 2. The lowest BCUT2D eigenvalue weighted by Crippen LogP contribution is -2.53. The summed E-state index contributed by atoms with van der Waals surface area (Å²) in [5, 5.41) is 3.70. The number of carbonyl (C=O) groups is 2. The lowest BCUT2D eigenvalue weighted by Gasteiger charge is -2.41. The number of ether oxygens (including phenoxy) is 2. The van der Waals surface area contributed by atoms with E-state index in [1.165, 1.54) is 7.11 Å². The molecule has 4 rings (SSSR count). The second-order valence-corrected chi connectivity index (χ2v) is 7.94. The topological polar surface area (TPSA) is 86.9 Å². The van der Waals surface area contributed by atoms with E-state index in [2.05, 4.69) is 39.2 Å². The van der Waals surface area contributed by atoms with Crippen LogP contribution in [0.2, 0.25) is 0 Å². The van der Waals surface area contributed by atoms with E-state index in [0.29, 0.717) is 5.69 Å². The Morgan fingerprint density at radius 2 is 1.84 bits per heavy atom. The molecule has 1 saturated heterocycles. The number of rotatable bonds is 6. The number of aromatic amines is 1. The van der Waals surface area contributed by atoms with Crippen molar-refractivity contribution < 1.29 is 19.1 Å². The minimum absolute atomic E-state index is 0.162. The highest BCUT2D eigenvalue weighted by molar-refractivity contribution is 6.11. The Morgan fingerprint density at radius 1 is 1.09 bits per heavy atom. The summed E-state index contributed by atoms with van der Waals surface area (Å²) < 4.78 is 10.1. The number of esters is 1. The van der Waals surface area contributed by atoms with Crippen LogP contribution >= 0.6 is 0 Å². The minimum Gasteiger partial charge on any atom is -0.497 e. The number of aromatic nitrogens is 1. The maximum atomic E-state index is 12.9. The molecule has 8 nitrogen and oxygen atoms in total. The van der Waals surface area contributed by atoms with Crippen LogP contribution in [0.25, 0.3) is 10.9 Å². The van der Waals surface area contributed by atoms with Gasteiger partial charge in [-0.15, -0.1) is 0 Å². The number of nitrogens with zero attached hydrogens (tertiary/aromatic N) is 2. The largest absolute Gasteiger partial charge is 0.497 e. The van der Waals surface area contributed by atoms with E-state index in [-0.39, 0.29) is 24.2 Å². The Bertz CT molecular complexity index is 1110. The molecule has 3 aromatic rings. The monoisotopic (exact) mass is 436 g/mol. The highest BCUT2D eigenvalue weighted by Gasteiger charge is 2.26. The highest BCUT2D eigenvalue weighted by Crippen LogP contribution is 2.28. The van der Waals surface area contributed by atoms with Crippen LogP contribution in [0.5, 0.6) is 5.75 Å². The van der Waals surface area contributed by atoms with Crippen LogP contribution in [0.1, 0.15) is 17.4 Å². The smallest absolute Gasteiger partial charge is 0.356 e. The molecule has 32 heavy (non-hydrogen) atoms. The Balaban J connectivity index is 1.42. The van der Waals surface area contributed by atoms with Gasteiger partial charge in [0.25, 0.3) is 0 Å². The molecule has 2 heterocycles. The van der Waals surface area contributed by atoms with Crippen LogP contribution in [0.3, 0.4) is 0 Å². The Kier molecular flexibility index (Phi) is 6.32. The number of methoxy groups -OCH3 is 2. The standard InChI is InChI=1S/C24H28N4O4/c1-16-14-27(12-13-28(16)17-8-10-18(31-2)11-9-17)15-21(29)26-22-19-6-4-5-7-20(19)25-23(22)24(30)32-3/h4-11,16,25H,12-15H2,1-3H3,(H,26,29). The molecule has 0 aliphatic carbocycles. The first-order valence-corrected chi connectivity index (χ1v) is 10.6. The number of H-pyrrole nitrogens is 1. The number of hydrogen-bond acceptors (Lipinski definition) is 6. The fourth-order valence-corrected chi connectivity index (χ4v) is 4.24. The van der Waals surface area contributed by atoms with Crippen molar-refractivity contribution in [2.24, 2.45) is 0 Å². The summed E-state index contributed by atoms with van der Waals surface area (Å²) in [7, 11) is 2.98. The van der Waals surface area contributed by atoms with Crippen LogP contribution in [0.4, 0.5) is 11.4 Å². The fourth-order valence-electron chi connectivity index (χ4n) is 4.24. The van der Waals surface area contributed by atoms with Gasteiger partial charge in [-0.1, -0.05) is 18.2 Å². The maximum Gasteiger partial charge on any atom is 0.356 e. The van der Waals surface area contributed by atoms with Gasteiger partial charge in [0.1, 0.15) is 11.4 Å². The summed E-state index contributed by atoms with van der Waals surface area (Å²) in [6, 6.07) is 15.8. The molecule has 1 atom stereocenters. The Hall–Kier alpha value is -3.52. The van der Waals surface area contributed by atoms with Gasteiger partial charge in [0, 0.05) is 42.3 Å². The maximum absolute atomic E-state index is 12.9. The third-order valence-corrected chi connectivity index (χ3v) is 5.84. The van der Waals surface area contributed by atoms with E-state index in [1.54, 1.807) is 7.11 Å². The minimum atomic E-state index is -0.516. The molecular formula is C24H28N4O4. The van der Waals surface area contributed by atoms with Gasteiger partial charge in [0.05, 0.1) is 26.5 Å². The van der Waals surface area contributed by atoms with E-state index < -0.39 is 5.97 Å². The van der Waals surface area contributed by atoms with Crippen molar-refractivity contribution in [2.75, 3.05) is 50.6 Å². The second kappa shape index (κ2) is 9.32. The molecule has 168 valence electrons. The molecule has 1 fully saturated rings. The first-order valence-electron chi connectivity index (χ1n) is 10.6. The summed E-state index contributed by atoms with van der Waals surface area (Å²) in [6.45, 7) is 4.75. The number of amides is 1. The van der Waals surface area contributed by atoms with Crippen molar-refractivity contribution in [3.05, 3.63) is 54.2 Å². The third kappa shape index (κ3) is 4.40. The van der Waals surface area contributed by atoms with Gasteiger partial charge in [0.2, 0.25) is 5.91 Å². The number of anilines is 2. The first-order chi connectivity index (χ1) is 15.5. The highest BCUT2D eigenvalue weighted by atomic mass is 16.5. The van der Waals surface area contributed by atoms with E-state index >= 15 is 0 Å². The van der Waals surface area contributed by atoms with E-state index in [0.717, 1.165) is 42.0 Å². The van der Waals surface area contributed by atoms with E-state index in [1.807, 2.05) is 36.4 Å². The second-order valence-electron chi connectivity index (χ2n) is 7.94. The van der Waals surface area contributed by atoms with Gasteiger partial charge in [-0.25, -0.2) is 4.79 Å². The number of carbonyl (C=O) groups excluding carboxylic acids is 2. The number of hydrogen-bond donors (Lipinski definition) is 2. The molecule has 1 aliphatic rings. The number of benzene rings is 2. The first kappa shape index (κ1) is 21.7. The number of piperazine rings is 1. The van der Waals surface area contributed by atoms with Gasteiger partial charge >= 0.3 is 5.97 Å². The molecule has 1 aromatic heterocycles. The number of para-hydroxylation sites is 1. The third-order valence-electron chi connectivity index (χ3n) is 5.84. The lowest BCUT2D eigenvalue weighted by molar-refractivity contribution is -0.117. The van der Waals surface area contributed by atoms with Crippen molar-refractivity contribution in [1.82, 2.24) is 9.88 Å². The van der Waals surface area contributed by atoms with Crippen molar-refractivity contribution >= 4 is 34.2 Å². The van der Waals surface area contributed by atoms with Crippen molar-refractivity contribution in [2.45, 2.75) is 13.0 Å². The number of fused-ring (bicyclic) bond motifs is 1. The zero-order valence-corrected chi connectivity index (χ0v) is 18.6. The van der Waals surface area contributed by atoms with Gasteiger partial charge in [-0.05, 0) is 37.3 Å². The molecule has 0 radical (unpaired) electrons. The van der Waals surface area contributed by atoms with Gasteiger partial charge < -0.3 is 24.7 Å². The van der Waals surface area contributed by atoms with Crippen molar-refractivity contribution in [1.29, 1.82) is 0 Å². The predicted octanol–water partition coefficient (Wildman–Crippen LogP) is 3.11. The molecule has 8 heteroatoms. The molecule has 1 amide bonds. The van der Waals surface area contributed by atoms with Crippen LogP contribution < -0.4 is 15.0 Å². The quantitative estimate of drug-likeness (QED) is 0.578. The summed E-state index contributed by atoms with van der Waals surface area (Å²) in [5.74, 6) is 0.156. The molecule has 0 spiro atoms. The summed E-state index contributed by atoms with van der Waals surface area (Å²) >= 11 is 0. The van der Waals surface area contributed by atoms with Crippen LogP contribution in [0, 0.1) is 0 Å². The average molecular weight is 437 g/mol. The van der Waals surface area contributed by atoms with Gasteiger partial charge in [-0.2, -0.15) is 0 Å². The Morgan fingerprint density at radius 3 is 2.53 bits per heavy atom. The van der Waals surface area contributed by atoms with Crippen LogP contribution in [-0.4, -0.2) is 68.2 Å². The predicted molar refractivity (Wildman–Crippen MR) is 125 cm³/mol. The van der Waals surface area contributed by atoms with E-state index in [9.17, 15) is 9.59 Å².